The molecule has 0 bridgehead atoms. The maximum Gasteiger partial charge on any atom is 0.240 e. The molecule has 20 heavy (non-hydrogen) atoms. The van der Waals surface area contributed by atoms with Gasteiger partial charge in [-0.3, -0.25) is 4.79 Å². The molecule has 0 spiro atoms. The van der Waals surface area contributed by atoms with Crippen molar-refractivity contribution in [3.05, 3.63) is 0 Å². The highest BCUT2D eigenvalue weighted by Gasteiger charge is 2.34. The highest BCUT2D eigenvalue weighted by Crippen LogP contribution is 2.25. The van der Waals surface area contributed by atoms with Crippen molar-refractivity contribution >= 4 is 5.91 Å². The van der Waals surface area contributed by atoms with Crippen LogP contribution < -0.4 is 16.4 Å². The molecule has 0 heterocycles. The molecule has 0 saturated heterocycles. The van der Waals surface area contributed by atoms with E-state index < -0.39 is 5.54 Å². The van der Waals surface area contributed by atoms with Crippen LogP contribution in [-0.4, -0.2) is 30.6 Å². The van der Waals surface area contributed by atoms with Crippen LogP contribution in [0.25, 0.3) is 0 Å². The Morgan fingerprint density at radius 2 is 1.55 bits per heavy atom. The summed E-state index contributed by atoms with van der Waals surface area (Å²) in [5.74, 6) is 0.0554. The SMILES string of the molecule is NC1(C(=O)NCCNC2CCCCCC2)CCCCC1. The molecule has 1 amide bonds. The van der Waals surface area contributed by atoms with E-state index in [-0.39, 0.29) is 5.91 Å². The van der Waals surface area contributed by atoms with Gasteiger partial charge < -0.3 is 16.4 Å². The fourth-order valence-corrected chi connectivity index (χ4v) is 3.52. The lowest BCUT2D eigenvalue weighted by molar-refractivity contribution is -0.127. The number of carbonyl (C=O) groups is 1. The van der Waals surface area contributed by atoms with Crippen LogP contribution in [0.15, 0.2) is 0 Å². The van der Waals surface area contributed by atoms with E-state index in [1.165, 1.54) is 44.9 Å². The van der Waals surface area contributed by atoms with Gasteiger partial charge in [0.25, 0.3) is 0 Å². The molecule has 4 heteroatoms. The summed E-state index contributed by atoms with van der Waals surface area (Å²) in [7, 11) is 0. The van der Waals surface area contributed by atoms with Crippen molar-refractivity contribution in [1.29, 1.82) is 0 Å². The first-order chi connectivity index (χ1) is 9.71. The summed E-state index contributed by atoms with van der Waals surface area (Å²) in [4.78, 5) is 12.2. The predicted molar refractivity (Wildman–Crippen MR) is 82.5 cm³/mol. The third-order valence-corrected chi connectivity index (χ3v) is 4.90. The topological polar surface area (TPSA) is 67.2 Å². The van der Waals surface area contributed by atoms with Crippen molar-refractivity contribution < 1.29 is 4.79 Å². The molecule has 2 aliphatic rings. The van der Waals surface area contributed by atoms with Gasteiger partial charge in [-0.05, 0) is 25.7 Å². The minimum atomic E-state index is -0.597. The lowest BCUT2D eigenvalue weighted by atomic mass is 9.82. The van der Waals surface area contributed by atoms with Crippen molar-refractivity contribution in [3.63, 3.8) is 0 Å². The van der Waals surface area contributed by atoms with E-state index in [4.69, 9.17) is 5.73 Å². The van der Waals surface area contributed by atoms with E-state index in [9.17, 15) is 4.79 Å². The molecule has 0 aliphatic heterocycles. The van der Waals surface area contributed by atoms with Crippen LogP contribution in [0.1, 0.15) is 70.6 Å². The molecule has 0 aromatic rings. The van der Waals surface area contributed by atoms with Gasteiger partial charge in [0.15, 0.2) is 0 Å². The molecule has 0 radical (unpaired) electrons. The minimum Gasteiger partial charge on any atom is -0.353 e. The number of nitrogens with one attached hydrogen (secondary N) is 2. The summed E-state index contributed by atoms with van der Waals surface area (Å²) in [5.41, 5.74) is 5.62. The Morgan fingerprint density at radius 1 is 0.950 bits per heavy atom. The molecule has 0 aromatic heterocycles. The second kappa shape index (κ2) is 7.99. The predicted octanol–water partition coefficient (Wildman–Crippen LogP) is 2.08. The van der Waals surface area contributed by atoms with Crippen molar-refractivity contribution in [2.24, 2.45) is 5.73 Å². The van der Waals surface area contributed by atoms with Crippen LogP contribution in [0.4, 0.5) is 0 Å². The van der Waals surface area contributed by atoms with E-state index in [1.807, 2.05) is 0 Å². The normalized spacial score (nSPS) is 24.1. The second-order valence-electron chi connectivity index (χ2n) is 6.62. The maximum absolute atomic E-state index is 12.2. The van der Waals surface area contributed by atoms with Crippen LogP contribution in [-0.2, 0) is 4.79 Å². The second-order valence-corrected chi connectivity index (χ2v) is 6.62. The minimum absolute atomic E-state index is 0.0554. The van der Waals surface area contributed by atoms with E-state index in [0.717, 1.165) is 32.2 Å². The van der Waals surface area contributed by atoms with Crippen molar-refractivity contribution in [2.45, 2.75) is 82.2 Å². The number of carbonyl (C=O) groups excluding carboxylic acids is 1. The Kier molecular flexibility index (Phi) is 6.30. The first-order valence-corrected chi connectivity index (χ1v) is 8.51. The fraction of sp³-hybridized carbons (Fsp3) is 0.938. The van der Waals surface area contributed by atoms with Gasteiger partial charge in [0.05, 0.1) is 5.54 Å². The quantitative estimate of drug-likeness (QED) is 0.534. The number of rotatable bonds is 5. The summed E-state index contributed by atoms with van der Waals surface area (Å²) in [6.07, 6.45) is 13.1. The number of hydrogen-bond acceptors (Lipinski definition) is 3. The van der Waals surface area contributed by atoms with Crippen LogP contribution in [0, 0.1) is 0 Å². The molecular weight excluding hydrogens is 250 g/mol. The van der Waals surface area contributed by atoms with Gasteiger partial charge in [-0.25, -0.2) is 0 Å². The number of nitrogens with two attached hydrogens (primary N) is 1. The van der Waals surface area contributed by atoms with Crippen LogP contribution >= 0.6 is 0 Å². The Hall–Kier alpha value is -0.610. The van der Waals surface area contributed by atoms with Crippen molar-refractivity contribution in [3.8, 4) is 0 Å². The number of amides is 1. The van der Waals surface area contributed by atoms with E-state index >= 15 is 0 Å². The molecule has 4 N–H and O–H groups in total. The Balaban J connectivity index is 1.61. The number of hydrogen-bond donors (Lipinski definition) is 3. The van der Waals surface area contributed by atoms with Crippen LogP contribution in [0.5, 0.6) is 0 Å². The molecule has 2 aliphatic carbocycles. The molecule has 4 nitrogen and oxygen atoms in total. The van der Waals surface area contributed by atoms with E-state index in [2.05, 4.69) is 10.6 Å². The zero-order valence-electron chi connectivity index (χ0n) is 12.8. The van der Waals surface area contributed by atoms with Crippen molar-refractivity contribution in [2.75, 3.05) is 13.1 Å². The average Bonchev–Trinajstić information content (AvgIpc) is 2.73. The van der Waals surface area contributed by atoms with E-state index in [0.29, 0.717) is 12.6 Å². The summed E-state index contributed by atoms with van der Waals surface area (Å²) in [6, 6.07) is 0.649. The molecule has 2 fully saturated rings. The van der Waals surface area contributed by atoms with Gasteiger partial charge in [-0.1, -0.05) is 44.9 Å². The lowest BCUT2D eigenvalue weighted by Gasteiger charge is -2.31. The highest BCUT2D eigenvalue weighted by molar-refractivity contribution is 5.86. The molecule has 0 atom stereocenters. The van der Waals surface area contributed by atoms with Crippen molar-refractivity contribution in [1.82, 2.24) is 10.6 Å². The molecule has 2 saturated carbocycles. The third kappa shape index (κ3) is 4.74. The van der Waals surface area contributed by atoms with Crippen LogP contribution in [0.3, 0.4) is 0 Å². The largest absolute Gasteiger partial charge is 0.353 e. The van der Waals surface area contributed by atoms with Gasteiger partial charge in [0.2, 0.25) is 5.91 Å². The van der Waals surface area contributed by atoms with Gasteiger partial charge >= 0.3 is 0 Å². The lowest BCUT2D eigenvalue weighted by Crippen LogP contribution is -2.55. The summed E-state index contributed by atoms with van der Waals surface area (Å²) in [6.45, 7) is 1.57. The van der Waals surface area contributed by atoms with Gasteiger partial charge in [-0.15, -0.1) is 0 Å². The standard InChI is InChI=1S/C16H31N3O/c17-16(10-6-3-7-11-16)15(20)19-13-12-18-14-8-4-1-2-5-9-14/h14,18H,1-13,17H2,(H,19,20). The molecule has 2 rings (SSSR count). The van der Waals surface area contributed by atoms with E-state index in [1.54, 1.807) is 0 Å². The Bertz CT molecular complexity index is 292. The van der Waals surface area contributed by atoms with Gasteiger partial charge in [-0.2, -0.15) is 0 Å². The first kappa shape index (κ1) is 15.8. The third-order valence-electron chi connectivity index (χ3n) is 4.90. The summed E-state index contributed by atoms with van der Waals surface area (Å²) in [5, 5.41) is 6.60. The summed E-state index contributed by atoms with van der Waals surface area (Å²) < 4.78 is 0. The fourth-order valence-electron chi connectivity index (χ4n) is 3.52. The zero-order valence-corrected chi connectivity index (χ0v) is 12.8. The van der Waals surface area contributed by atoms with Crippen LogP contribution in [0.2, 0.25) is 0 Å². The zero-order chi connectivity index (χ0) is 14.3. The molecule has 0 aromatic carbocycles. The summed E-state index contributed by atoms with van der Waals surface area (Å²) >= 11 is 0. The average molecular weight is 281 g/mol. The monoisotopic (exact) mass is 281 g/mol. The van der Waals surface area contributed by atoms with Gasteiger partial charge in [0, 0.05) is 19.1 Å². The first-order valence-electron chi connectivity index (χ1n) is 8.51. The maximum atomic E-state index is 12.2. The van der Waals surface area contributed by atoms with Gasteiger partial charge in [0.1, 0.15) is 0 Å². The highest BCUT2D eigenvalue weighted by atomic mass is 16.2. The smallest absolute Gasteiger partial charge is 0.240 e. The molecular formula is C16H31N3O. The Labute approximate surface area is 123 Å². The molecule has 116 valence electrons. The molecule has 0 unspecified atom stereocenters. The Morgan fingerprint density at radius 3 is 2.20 bits per heavy atom.